The first kappa shape index (κ1) is 13.1. The Kier molecular flexibility index (Phi) is 3.87. The molecule has 1 aromatic rings. The first-order chi connectivity index (χ1) is 9.25. The maximum Gasteiger partial charge on any atom is 0.0702 e. The van der Waals surface area contributed by atoms with Gasteiger partial charge in [-0.3, -0.25) is 4.90 Å². The van der Waals surface area contributed by atoms with Gasteiger partial charge in [-0.2, -0.15) is 0 Å². The normalized spacial score (nSPS) is 30.6. The van der Waals surface area contributed by atoms with E-state index in [2.05, 4.69) is 36.2 Å². The number of nitrogens with zero attached hydrogens (tertiary/aromatic N) is 1. The molecule has 1 heterocycles. The second-order valence-corrected chi connectivity index (χ2v) is 5.92. The lowest BCUT2D eigenvalue weighted by atomic mass is 10.1. The Morgan fingerprint density at radius 1 is 1.32 bits per heavy atom. The molecule has 0 spiro atoms. The topological polar surface area (TPSA) is 38.5 Å². The molecule has 3 atom stereocenters. The molecular formula is C16H24N2O. The van der Waals surface area contributed by atoms with Crippen molar-refractivity contribution in [2.45, 2.75) is 43.9 Å². The van der Waals surface area contributed by atoms with Gasteiger partial charge in [0.05, 0.1) is 6.10 Å². The van der Waals surface area contributed by atoms with Gasteiger partial charge in [0, 0.05) is 25.2 Å². The third kappa shape index (κ3) is 2.69. The largest absolute Gasteiger partial charge is 0.377 e. The van der Waals surface area contributed by atoms with Crippen LogP contribution in [0.15, 0.2) is 24.3 Å². The molecule has 0 aromatic heterocycles. The second kappa shape index (κ2) is 5.61. The predicted molar refractivity (Wildman–Crippen MR) is 77.1 cm³/mol. The van der Waals surface area contributed by atoms with Crippen molar-refractivity contribution in [1.82, 2.24) is 4.90 Å². The predicted octanol–water partition coefficient (Wildman–Crippen LogP) is 2.11. The van der Waals surface area contributed by atoms with Gasteiger partial charge >= 0.3 is 0 Å². The van der Waals surface area contributed by atoms with Gasteiger partial charge in [0.1, 0.15) is 0 Å². The van der Waals surface area contributed by atoms with E-state index < -0.39 is 0 Å². The lowest BCUT2D eigenvalue weighted by molar-refractivity contribution is -0.00917. The summed E-state index contributed by atoms with van der Waals surface area (Å²) in [4.78, 5) is 2.40. The Balaban J connectivity index is 1.64. The third-order valence-corrected chi connectivity index (χ3v) is 4.59. The molecule has 3 rings (SSSR count). The van der Waals surface area contributed by atoms with Crippen LogP contribution in [0, 0.1) is 0 Å². The molecule has 104 valence electrons. The van der Waals surface area contributed by atoms with Crippen molar-refractivity contribution in [1.29, 1.82) is 0 Å². The van der Waals surface area contributed by atoms with E-state index in [0.29, 0.717) is 12.1 Å². The molecule has 3 unspecified atom stereocenters. The van der Waals surface area contributed by atoms with E-state index in [-0.39, 0.29) is 6.04 Å². The highest BCUT2D eigenvalue weighted by Crippen LogP contribution is 2.32. The number of likely N-dealkylation sites (N-methyl/N-ethyl adjacent to an activating group) is 1. The van der Waals surface area contributed by atoms with Crippen LogP contribution in [0.1, 0.15) is 36.4 Å². The quantitative estimate of drug-likeness (QED) is 0.904. The van der Waals surface area contributed by atoms with Crippen molar-refractivity contribution in [2.75, 3.05) is 20.2 Å². The summed E-state index contributed by atoms with van der Waals surface area (Å²) in [7, 11) is 2.19. The number of fused-ring (bicyclic) bond motifs is 1. The number of hydrogen-bond acceptors (Lipinski definition) is 3. The molecule has 0 saturated carbocycles. The Morgan fingerprint density at radius 2 is 2.16 bits per heavy atom. The van der Waals surface area contributed by atoms with Crippen molar-refractivity contribution in [2.24, 2.45) is 5.73 Å². The minimum absolute atomic E-state index is 0.143. The van der Waals surface area contributed by atoms with E-state index in [1.165, 1.54) is 30.4 Å². The zero-order valence-corrected chi connectivity index (χ0v) is 11.7. The lowest BCUT2D eigenvalue weighted by Gasteiger charge is -2.32. The highest BCUT2D eigenvalue weighted by atomic mass is 16.5. The van der Waals surface area contributed by atoms with Gasteiger partial charge in [-0.25, -0.2) is 0 Å². The van der Waals surface area contributed by atoms with Crippen LogP contribution in [0.25, 0.3) is 0 Å². The molecule has 19 heavy (non-hydrogen) atoms. The Morgan fingerprint density at radius 3 is 2.89 bits per heavy atom. The Labute approximate surface area is 115 Å². The Bertz CT molecular complexity index is 429. The summed E-state index contributed by atoms with van der Waals surface area (Å²) < 4.78 is 5.84. The van der Waals surface area contributed by atoms with Crippen LogP contribution in [0.2, 0.25) is 0 Å². The maximum atomic E-state index is 6.41. The van der Waals surface area contributed by atoms with E-state index in [1.54, 1.807) is 0 Å². The minimum Gasteiger partial charge on any atom is -0.377 e. The van der Waals surface area contributed by atoms with Crippen LogP contribution in [-0.4, -0.2) is 37.2 Å². The van der Waals surface area contributed by atoms with Crippen molar-refractivity contribution in [3.8, 4) is 0 Å². The molecule has 0 amide bonds. The molecule has 1 aliphatic carbocycles. The van der Waals surface area contributed by atoms with Gasteiger partial charge in [-0.1, -0.05) is 24.3 Å². The van der Waals surface area contributed by atoms with E-state index in [1.807, 2.05) is 0 Å². The number of benzene rings is 1. The lowest BCUT2D eigenvalue weighted by Crippen LogP contribution is -2.43. The van der Waals surface area contributed by atoms with Crippen molar-refractivity contribution >= 4 is 0 Å². The molecule has 2 aliphatic rings. The summed E-state index contributed by atoms with van der Waals surface area (Å²) in [6, 6.07) is 9.14. The summed E-state index contributed by atoms with van der Waals surface area (Å²) in [5, 5.41) is 0. The highest BCUT2D eigenvalue weighted by molar-refractivity contribution is 5.36. The van der Waals surface area contributed by atoms with E-state index in [0.717, 1.165) is 19.6 Å². The molecule has 1 saturated heterocycles. The molecule has 3 heteroatoms. The van der Waals surface area contributed by atoms with E-state index in [4.69, 9.17) is 10.5 Å². The van der Waals surface area contributed by atoms with Gasteiger partial charge in [-0.05, 0) is 43.9 Å². The summed E-state index contributed by atoms with van der Waals surface area (Å²) in [6.45, 7) is 1.93. The molecule has 0 radical (unpaired) electrons. The fourth-order valence-corrected chi connectivity index (χ4v) is 3.44. The molecule has 3 nitrogen and oxygen atoms in total. The van der Waals surface area contributed by atoms with Gasteiger partial charge < -0.3 is 10.5 Å². The Hall–Kier alpha value is -0.900. The molecule has 1 aliphatic heterocycles. The van der Waals surface area contributed by atoms with Crippen molar-refractivity contribution in [3.05, 3.63) is 35.4 Å². The van der Waals surface area contributed by atoms with E-state index >= 15 is 0 Å². The van der Waals surface area contributed by atoms with Crippen LogP contribution < -0.4 is 5.73 Å². The average molecular weight is 260 g/mol. The average Bonchev–Trinajstić information content (AvgIpc) is 2.78. The van der Waals surface area contributed by atoms with Gasteiger partial charge in [0.2, 0.25) is 0 Å². The zero-order chi connectivity index (χ0) is 13.2. The van der Waals surface area contributed by atoms with Crippen LogP contribution in [-0.2, 0) is 11.2 Å². The fourth-order valence-electron chi connectivity index (χ4n) is 3.44. The zero-order valence-electron chi connectivity index (χ0n) is 11.7. The molecular weight excluding hydrogens is 236 g/mol. The first-order valence-electron chi connectivity index (χ1n) is 7.41. The van der Waals surface area contributed by atoms with E-state index in [9.17, 15) is 0 Å². The minimum atomic E-state index is 0.143. The fraction of sp³-hybridized carbons (Fsp3) is 0.625. The number of hydrogen-bond donors (Lipinski definition) is 1. The van der Waals surface area contributed by atoms with Crippen LogP contribution in [0.4, 0.5) is 0 Å². The molecule has 1 aromatic carbocycles. The van der Waals surface area contributed by atoms with Crippen LogP contribution in [0.3, 0.4) is 0 Å². The maximum absolute atomic E-state index is 6.41. The van der Waals surface area contributed by atoms with Gasteiger partial charge in [-0.15, -0.1) is 0 Å². The number of ether oxygens (including phenoxy) is 1. The number of nitrogens with two attached hydrogens (primary N) is 1. The second-order valence-electron chi connectivity index (χ2n) is 5.92. The summed E-state index contributed by atoms with van der Waals surface area (Å²) >= 11 is 0. The smallest absolute Gasteiger partial charge is 0.0702 e. The summed E-state index contributed by atoms with van der Waals surface area (Å²) in [5.74, 6) is 0. The summed E-state index contributed by atoms with van der Waals surface area (Å²) in [6.07, 6.45) is 5.18. The number of rotatable bonds is 3. The summed E-state index contributed by atoms with van der Waals surface area (Å²) in [5.41, 5.74) is 9.15. The molecule has 1 fully saturated rings. The van der Waals surface area contributed by atoms with Gasteiger partial charge in [0.15, 0.2) is 0 Å². The monoisotopic (exact) mass is 260 g/mol. The SMILES string of the molecule is CN(CC1CCCCO1)C1Cc2ccccc2C1N. The molecule has 0 bridgehead atoms. The molecule has 2 N–H and O–H groups in total. The standard InChI is InChI=1S/C16H24N2O/c1-18(11-13-7-4-5-9-19-13)15-10-12-6-2-3-8-14(12)16(15)17/h2-3,6,8,13,15-16H,4-5,7,9-11,17H2,1H3. The first-order valence-corrected chi connectivity index (χ1v) is 7.41. The van der Waals surface area contributed by atoms with Gasteiger partial charge in [0.25, 0.3) is 0 Å². The van der Waals surface area contributed by atoms with Crippen LogP contribution >= 0.6 is 0 Å². The van der Waals surface area contributed by atoms with Crippen molar-refractivity contribution in [3.63, 3.8) is 0 Å². The van der Waals surface area contributed by atoms with Crippen molar-refractivity contribution < 1.29 is 4.74 Å². The van der Waals surface area contributed by atoms with Crippen LogP contribution in [0.5, 0.6) is 0 Å². The third-order valence-electron chi connectivity index (χ3n) is 4.59. The highest BCUT2D eigenvalue weighted by Gasteiger charge is 2.33.